The number of benzene rings is 1. The van der Waals surface area contributed by atoms with Crippen LogP contribution in [0.5, 0.6) is 5.75 Å². The molecule has 1 aromatic rings. The second-order valence-corrected chi connectivity index (χ2v) is 17.2. The van der Waals surface area contributed by atoms with Crippen molar-refractivity contribution in [3.8, 4) is 5.75 Å². The highest BCUT2D eigenvalue weighted by Crippen LogP contribution is 2.37. The van der Waals surface area contributed by atoms with E-state index in [0.29, 0.717) is 19.6 Å². The Kier molecular flexibility index (Phi) is 10.9. The summed E-state index contributed by atoms with van der Waals surface area (Å²) >= 11 is 0. The third-order valence-corrected chi connectivity index (χ3v) is 11.6. The fourth-order valence-electron chi connectivity index (χ4n) is 3.54. The van der Waals surface area contributed by atoms with Gasteiger partial charge in [0.15, 0.2) is 14.1 Å². The molecule has 0 aliphatic carbocycles. The SMILES string of the molecule is COc1ccc(CO[C@H]2C[C@@H]([C@@H](O)CC(=O)COC(=O)C(C)(C)C)O[C@H]2CO[Si](C)(C)C(C)(C)C)cc1. The monoisotopic (exact) mass is 538 g/mol. The van der Waals surface area contributed by atoms with Gasteiger partial charge in [0.2, 0.25) is 0 Å². The summed E-state index contributed by atoms with van der Waals surface area (Å²) in [5.41, 5.74) is 0.295. The molecule has 0 unspecified atom stereocenters. The zero-order chi connectivity index (χ0) is 28.0. The molecule has 0 spiro atoms. The maximum atomic E-state index is 12.4. The van der Waals surface area contributed by atoms with Crippen molar-refractivity contribution in [2.75, 3.05) is 20.3 Å². The van der Waals surface area contributed by atoms with Crippen LogP contribution in [-0.2, 0) is 34.8 Å². The van der Waals surface area contributed by atoms with Gasteiger partial charge in [-0.1, -0.05) is 32.9 Å². The Hall–Kier alpha value is -1.78. The van der Waals surface area contributed by atoms with Gasteiger partial charge < -0.3 is 28.5 Å². The number of rotatable bonds is 12. The van der Waals surface area contributed by atoms with Gasteiger partial charge in [-0.15, -0.1) is 0 Å². The zero-order valence-electron chi connectivity index (χ0n) is 24.0. The summed E-state index contributed by atoms with van der Waals surface area (Å²) in [7, 11) is -0.402. The van der Waals surface area contributed by atoms with Crippen LogP contribution in [0.4, 0.5) is 0 Å². The van der Waals surface area contributed by atoms with Crippen LogP contribution in [0.3, 0.4) is 0 Å². The third kappa shape index (κ3) is 9.48. The van der Waals surface area contributed by atoms with E-state index in [0.717, 1.165) is 11.3 Å². The number of ether oxygens (including phenoxy) is 4. The van der Waals surface area contributed by atoms with Crippen LogP contribution in [0.25, 0.3) is 0 Å². The summed E-state index contributed by atoms with van der Waals surface area (Å²) in [6, 6.07) is 7.65. The van der Waals surface area contributed by atoms with E-state index in [-0.39, 0.29) is 36.1 Å². The highest BCUT2D eigenvalue weighted by Gasteiger charge is 2.43. The summed E-state index contributed by atoms with van der Waals surface area (Å²) in [5.74, 6) is -0.0395. The molecule has 1 fully saturated rings. The lowest BCUT2D eigenvalue weighted by Crippen LogP contribution is -2.44. The maximum absolute atomic E-state index is 12.4. The van der Waals surface area contributed by atoms with Gasteiger partial charge in [-0.25, -0.2) is 0 Å². The van der Waals surface area contributed by atoms with Gasteiger partial charge in [-0.05, 0) is 56.6 Å². The van der Waals surface area contributed by atoms with Crippen LogP contribution in [0.15, 0.2) is 24.3 Å². The first-order valence-electron chi connectivity index (χ1n) is 12.9. The largest absolute Gasteiger partial charge is 0.497 e. The van der Waals surface area contributed by atoms with E-state index in [1.807, 2.05) is 24.3 Å². The first kappa shape index (κ1) is 31.4. The predicted octanol–water partition coefficient (Wildman–Crippen LogP) is 4.67. The first-order chi connectivity index (χ1) is 17.0. The van der Waals surface area contributed by atoms with Crippen LogP contribution in [-0.4, -0.2) is 69.9 Å². The standard InChI is InChI=1S/C28H46O8Si/c1-27(2,3)26(31)34-17-20(29)14-22(30)23-15-24(33-16-19-10-12-21(32-7)13-11-19)25(36-23)18-35-37(8,9)28(4,5)6/h10-13,22-25,30H,14-18H2,1-9H3/t22-,23-,24-,25-/m0/s1. The van der Waals surface area contributed by atoms with Gasteiger partial charge in [0.25, 0.3) is 0 Å². The number of ketones is 1. The van der Waals surface area contributed by atoms with Crippen molar-refractivity contribution in [3.05, 3.63) is 29.8 Å². The van der Waals surface area contributed by atoms with E-state index >= 15 is 0 Å². The quantitative estimate of drug-likeness (QED) is 0.303. The first-order valence-corrected chi connectivity index (χ1v) is 15.9. The van der Waals surface area contributed by atoms with E-state index in [1.165, 1.54) is 0 Å². The molecule has 2 rings (SSSR count). The van der Waals surface area contributed by atoms with Crippen molar-refractivity contribution in [2.24, 2.45) is 5.41 Å². The molecular weight excluding hydrogens is 492 g/mol. The van der Waals surface area contributed by atoms with Gasteiger partial charge in [0.1, 0.15) is 18.5 Å². The van der Waals surface area contributed by atoms with Crippen LogP contribution < -0.4 is 4.74 Å². The molecule has 1 aromatic carbocycles. The van der Waals surface area contributed by atoms with Gasteiger partial charge in [-0.3, -0.25) is 9.59 Å². The summed E-state index contributed by atoms with van der Waals surface area (Å²) in [5, 5.41) is 10.8. The number of aliphatic hydroxyl groups excluding tert-OH is 1. The molecule has 0 aromatic heterocycles. The number of carbonyl (C=O) groups is 2. The molecule has 8 nitrogen and oxygen atoms in total. The van der Waals surface area contributed by atoms with E-state index in [4.69, 9.17) is 23.4 Å². The van der Waals surface area contributed by atoms with E-state index in [1.54, 1.807) is 27.9 Å². The maximum Gasteiger partial charge on any atom is 0.311 e. The molecule has 1 aliphatic heterocycles. The molecule has 9 heteroatoms. The molecule has 210 valence electrons. The van der Waals surface area contributed by atoms with Gasteiger partial charge in [0, 0.05) is 12.8 Å². The van der Waals surface area contributed by atoms with E-state index < -0.39 is 31.9 Å². The number of aliphatic hydroxyl groups is 1. The summed E-state index contributed by atoms with van der Waals surface area (Å²) in [6.45, 7) is 16.4. The van der Waals surface area contributed by atoms with Crippen molar-refractivity contribution >= 4 is 20.1 Å². The Morgan fingerprint density at radius 3 is 2.27 bits per heavy atom. The lowest BCUT2D eigenvalue weighted by molar-refractivity contribution is -0.156. The van der Waals surface area contributed by atoms with Crippen molar-refractivity contribution in [1.82, 2.24) is 0 Å². The Labute approximate surface area is 223 Å². The molecular formula is C28H46O8Si. The van der Waals surface area contributed by atoms with E-state index in [9.17, 15) is 14.7 Å². The molecule has 1 heterocycles. The molecule has 4 atom stereocenters. The highest BCUT2D eigenvalue weighted by atomic mass is 28.4. The molecule has 0 amide bonds. The highest BCUT2D eigenvalue weighted by molar-refractivity contribution is 6.74. The average molecular weight is 539 g/mol. The fourth-order valence-corrected chi connectivity index (χ4v) is 4.55. The zero-order valence-corrected chi connectivity index (χ0v) is 25.0. The molecule has 0 saturated carbocycles. The lowest BCUT2D eigenvalue weighted by atomic mass is 9.97. The van der Waals surface area contributed by atoms with Gasteiger partial charge in [-0.2, -0.15) is 0 Å². The number of esters is 1. The van der Waals surface area contributed by atoms with Crippen LogP contribution >= 0.6 is 0 Å². The predicted molar refractivity (Wildman–Crippen MR) is 144 cm³/mol. The number of methoxy groups -OCH3 is 1. The Balaban J connectivity index is 2.02. The molecule has 0 radical (unpaired) electrons. The van der Waals surface area contributed by atoms with Crippen molar-refractivity contribution in [2.45, 2.75) is 104 Å². The van der Waals surface area contributed by atoms with Crippen LogP contribution in [0, 0.1) is 5.41 Å². The number of Topliss-reactive ketones (excluding diaryl/α,β-unsaturated/α-hetero) is 1. The second kappa shape index (κ2) is 12.8. The smallest absolute Gasteiger partial charge is 0.311 e. The fraction of sp³-hybridized carbons (Fsp3) is 0.714. The van der Waals surface area contributed by atoms with Crippen LogP contribution in [0.2, 0.25) is 18.1 Å². The summed E-state index contributed by atoms with van der Waals surface area (Å²) in [4.78, 5) is 24.3. The molecule has 1 aliphatic rings. The number of hydrogen-bond acceptors (Lipinski definition) is 8. The van der Waals surface area contributed by atoms with Gasteiger partial charge in [0.05, 0.1) is 44.1 Å². The van der Waals surface area contributed by atoms with Gasteiger partial charge >= 0.3 is 5.97 Å². The normalized spacial score (nSPS) is 21.5. The summed E-state index contributed by atoms with van der Waals surface area (Å²) in [6.07, 6.45) is -2.04. The lowest BCUT2D eigenvalue weighted by Gasteiger charge is -2.37. The Bertz CT molecular complexity index is 885. The van der Waals surface area contributed by atoms with Crippen LogP contribution in [0.1, 0.15) is 59.9 Å². The molecule has 1 saturated heterocycles. The number of carbonyl (C=O) groups excluding carboxylic acids is 2. The average Bonchev–Trinajstić information content (AvgIpc) is 3.22. The molecule has 0 bridgehead atoms. The minimum Gasteiger partial charge on any atom is -0.497 e. The van der Waals surface area contributed by atoms with Crippen molar-refractivity contribution in [3.63, 3.8) is 0 Å². The second-order valence-electron chi connectivity index (χ2n) is 12.4. The third-order valence-electron chi connectivity index (χ3n) is 7.11. The van der Waals surface area contributed by atoms with E-state index in [2.05, 4.69) is 33.9 Å². The molecule has 1 N–H and O–H groups in total. The topological polar surface area (TPSA) is 101 Å². The Morgan fingerprint density at radius 1 is 1.11 bits per heavy atom. The Morgan fingerprint density at radius 2 is 1.73 bits per heavy atom. The van der Waals surface area contributed by atoms with Crippen molar-refractivity contribution < 1.29 is 38.1 Å². The minimum absolute atomic E-state index is 0.0425. The van der Waals surface area contributed by atoms with Crippen molar-refractivity contribution in [1.29, 1.82) is 0 Å². The summed E-state index contributed by atoms with van der Waals surface area (Å²) < 4.78 is 29.1. The minimum atomic E-state index is -2.03. The molecule has 37 heavy (non-hydrogen) atoms. The number of hydrogen-bond donors (Lipinski definition) is 1.